The molecule has 1 aromatic carbocycles. The number of rotatable bonds is 4. The van der Waals surface area contributed by atoms with Crippen molar-refractivity contribution in [2.24, 2.45) is 5.92 Å². The summed E-state index contributed by atoms with van der Waals surface area (Å²) in [6, 6.07) is 2.22. The predicted octanol–water partition coefficient (Wildman–Crippen LogP) is 4.90. The molecule has 2 heterocycles. The quantitative estimate of drug-likeness (QED) is 0.513. The smallest absolute Gasteiger partial charge is 0.132 e. The third-order valence-corrected chi connectivity index (χ3v) is 6.61. The van der Waals surface area contributed by atoms with Crippen molar-refractivity contribution < 1.29 is 4.55 Å². The van der Waals surface area contributed by atoms with E-state index in [0.717, 1.165) is 34.3 Å². The molecule has 0 aliphatic carbocycles. The molecule has 1 aromatic heterocycles. The molecule has 6 heteroatoms. The Balaban J connectivity index is 2.08. The Kier molecular flexibility index (Phi) is 5.36. The molecule has 1 saturated heterocycles. The minimum absolute atomic E-state index is 0.404. The maximum Gasteiger partial charge on any atom is 0.132 e. The maximum atomic E-state index is 11.4. The lowest BCUT2D eigenvalue weighted by molar-refractivity contribution is 0.445. The number of hydrogen-bond donors (Lipinski definition) is 0. The van der Waals surface area contributed by atoms with Gasteiger partial charge in [0.15, 0.2) is 0 Å². The Bertz CT molecular complexity index is 775. The monoisotopic (exact) mass is 428 g/mol. The van der Waals surface area contributed by atoms with Crippen molar-refractivity contribution in [3.05, 3.63) is 33.0 Å². The Morgan fingerprint density at radius 2 is 2.12 bits per heavy atom. The third kappa shape index (κ3) is 3.28. The van der Waals surface area contributed by atoms with Gasteiger partial charge in [-0.2, -0.15) is 0 Å². The molecule has 0 radical (unpaired) electrons. The van der Waals surface area contributed by atoms with Gasteiger partial charge in [0.25, 0.3) is 0 Å². The van der Waals surface area contributed by atoms with E-state index < -0.39 is 11.2 Å². The van der Waals surface area contributed by atoms with E-state index in [9.17, 15) is 4.55 Å². The molecule has 1 unspecified atom stereocenters. The lowest BCUT2D eigenvalue weighted by Gasteiger charge is -2.41. The zero-order chi connectivity index (χ0) is 17.6. The van der Waals surface area contributed by atoms with Crippen LogP contribution in [0.15, 0.2) is 16.7 Å². The molecule has 1 fully saturated rings. The second kappa shape index (κ2) is 7.02. The number of aryl methyl sites for hydroxylation is 1. The van der Waals surface area contributed by atoms with Gasteiger partial charge in [0.1, 0.15) is 10.9 Å². The summed E-state index contributed by atoms with van der Waals surface area (Å²) in [5.41, 5.74) is 3.51. The molecule has 0 saturated carbocycles. The zero-order valence-corrected chi connectivity index (χ0v) is 17.6. The van der Waals surface area contributed by atoms with E-state index in [0.29, 0.717) is 17.0 Å². The molecule has 130 valence electrons. The minimum Gasteiger partial charge on any atom is -0.617 e. The van der Waals surface area contributed by atoms with E-state index in [4.69, 9.17) is 11.6 Å². The molecule has 1 aliphatic heterocycles. The first-order valence-corrected chi connectivity index (χ1v) is 11.0. The molecule has 1 aliphatic rings. The number of nitrogens with zero attached hydrogens (tertiary/aromatic N) is 2. The van der Waals surface area contributed by atoms with E-state index in [1.54, 1.807) is 6.26 Å². The summed E-state index contributed by atoms with van der Waals surface area (Å²) >= 11 is 9.32. The number of fused-ring (bicyclic) bond motifs is 1. The van der Waals surface area contributed by atoms with Gasteiger partial charge in [-0.05, 0) is 51.4 Å². The highest BCUT2D eigenvalue weighted by Crippen LogP contribution is 2.43. The Morgan fingerprint density at radius 1 is 1.46 bits per heavy atom. The van der Waals surface area contributed by atoms with Crippen molar-refractivity contribution in [2.75, 3.05) is 30.0 Å². The van der Waals surface area contributed by atoms with E-state index in [2.05, 4.69) is 45.7 Å². The molecule has 0 bridgehead atoms. The second-order valence-corrected chi connectivity index (χ2v) is 9.62. The molecule has 24 heavy (non-hydrogen) atoms. The fraction of sp³-hybridized carbons (Fsp3) is 0.500. The molecular weight excluding hydrogens is 408 g/mol. The first-order chi connectivity index (χ1) is 11.3. The molecule has 0 N–H and O–H groups in total. The highest BCUT2D eigenvalue weighted by molar-refractivity contribution is 9.10. The van der Waals surface area contributed by atoms with Crippen LogP contribution >= 0.6 is 27.5 Å². The van der Waals surface area contributed by atoms with Gasteiger partial charge in [0.2, 0.25) is 0 Å². The minimum atomic E-state index is -0.733. The molecule has 3 rings (SSSR count). The van der Waals surface area contributed by atoms with Crippen molar-refractivity contribution in [1.29, 1.82) is 0 Å². The normalized spacial score (nSPS) is 16.8. The summed E-state index contributed by atoms with van der Waals surface area (Å²) in [5.74, 6) is 1.68. The van der Waals surface area contributed by atoms with Gasteiger partial charge < -0.3 is 9.45 Å². The maximum absolute atomic E-state index is 11.4. The van der Waals surface area contributed by atoms with Crippen LogP contribution in [0.25, 0.3) is 10.8 Å². The zero-order valence-electron chi connectivity index (χ0n) is 14.4. The first-order valence-electron chi connectivity index (χ1n) is 8.11. The number of aromatic nitrogens is 1. The molecule has 0 amide bonds. The van der Waals surface area contributed by atoms with Crippen LogP contribution in [0, 0.1) is 12.8 Å². The van der Waals surface area contributed by atoms with E-state index in [1.165, 1.54) is 16.6 Å². The van der Waals surface area contributed by atoms with Gasteiger partial charge >= 0.3 is 0 Å². The average Bonchev–Trinajstić information content (AvgIpc) is 2.46. The fourth-order valence-corrected chi connectivity index (χ4v) is 5.24. The standard InChI is InChI=1S/C18H22BrClN2OS/c1-10(2)13-5-15(19)17(22-7-12(8-22)9-24(4)23)14-6-21-18(20)11(3)16(13)14/h5-6,10,12H,7-9H2,1-4H3. The van der Waals surface area contributed by atoms with Crippen LogP contribution in [-0.2, 0) is 11.2 Å². The Morgan fingerprint density at radius 3 is 2.71 bits per heavy atom. The van der Waals surface area contributed by atoms with Crippen LogP contribution in [-0.4, -0.2) is 34.6 Å². The van der Waals surface area contributed by atoms with E-state index >= 15 is 0 Å². The first kappa shape index (κ1) is 18.3. The summed E-state index contributed by atoms with van der Waals surface area (Å²) in [5, 5.41) is 2.93. The summed E-state index contributed by atoms with van der Waals surface area (Å²) in [6.45, 7) is 8.32. The van der Waals surface area contributed by atoms with Gasteiger partial charge in [0.05, 0.1) is 11.9 Å². The van der Waals surface area contributed by atoms with Crippen molar-refractivity contribution in [1.82, 2.24) is 4.98 Å². The fourth-order valence-electron chi connectivity index (χ4n) is 3.51. The van der Waals surface area contributed by atoms with Gasteiger partial charge in [-0.25, -0.2) is 4.98 Å². The van der Waals surface area contributed by atoms with Crippen molar-refractivity contribution >= 4 is 55.2 Å². The number of pyridine rings is 1. The van der Waals surface area contributed by atoms with E-state index in [1.807, 2.05) is 13.1 Å². The summed E-state index contributed by atoms with van der Waals surface area (Å²) in [6.07, 6.45) is 3.67. The topological polar surface area (TPSA) is 39.2 Å². The largest absolute Gasteiger partial charge is 0.617 e. The molecule has 3 nitrogen and oxygen atoms in total. The Hall–Kier alpha value is -0.490. The van der Waals surface area contributed by atoms with Crippen LogP contribution in [0.1, 0.15) is 30.9 Å². The average molecular weight is 430 g/mol. The molecule has 0 spiro atoms. The van der Waals surface area contributed by atoms with Crippen molar-refractivity contribution in [3.63, 3.8) is 0 Å². The SMILES string of the molecule is Cc1c(Cl)ncc2c(N3CC(C[S+](C)[O-])C3)c(Br)cc(C(C)C)c12. The predicted molar refractivity (Wildman–Crippen MR) is 108 cm³/mol. The van der Waals surface area contributed by atoms with Gasteiger partial charge in [-0.1, -0.05) is 36.6 Å². The van der Waals surface area contributed by atoms with Crippen molar-refractivity contribution in [3.8, 4) is 0 Å². The summed E-state index contributed by atoms with van der Waals surface area (Å²) in [4.78, 5) is 6.74. The van der Waals surface area contributed by atoms with Crippen LogP contribution in [0.4, 0.5) is 5.69 Å². The number of halogens is 2. The number of benzene rings is 1. The third-order valence-electron chi connectivity index (χ3n) is 4.68. The van der Waals surface area contributed by atoms with Crippen molar-refractivity contribution in [2.45, 2.75) is 26.7 Å². The van der Waals surface area contributed by atoms with E-state index in [-0.39, 0.29) is 0 Å². The molecule has 2 aromatic rings. The lowest BCUT2D eigenvalue weighted by atomic mass is 9.92. The van der Waals surface area contributed by atoms with Crippen LogP contribution in [0.2, 0.25) is 5.15 Å². The van der Waals surface area contributed by atoms with Gasteiger partial charge in [-0.15, -0.1) is 0 Å². The van der Waals surface area contributed by atoms with Crippen LogP contribution in [0.3, 0.4) is 0 Å². The summed E-state index contributed by atoms with van der Waals surface area (Å²) < 4.78 is 12.5. The lowest BCUT2D eigenvalue weighted by Crippen LogP contribution is -2.49. The number of anilines is 1. The highest BCUT2D eigenvalue weighted by atomic mass is 79.9. The molecular formula is C18H22BrClN2OS. The van der Waals surface area contributed by atoms with Gasteiger partial charge in [0, 0.05) is 35.1 Å². The van der Waals surface area contributed by atoms with Crippen LogP contribution < -0.4 is 4.90 Å². The Labute approximate surface area is 160 Å². The van der Waals surface area contributed by atoms with Gasteiger partial charge in [-0.3, -0.25) is 0 Å². The highest BCUT2D eigenvalue weighted by Gasteiger charge is 2.32. The van der Waals surface area contributed by atoms with Crippen LogP contribution in [0.5, 0.6) is 0 Å². The molecule has 1 atom stereocenters. The summed E-state index contributed by atoms with van der Waals surface area (Å²) in [7, 11) is 0. The second-order valence-electron chi connectivity index (χ2n) is 6.92. The number of hydrogen-bond acceptors (Lipinski definition) is 3.